The van der Waals surface area contributed by atoms with Crippen LogP contribution in [0.5, 0.6) is 11.5 Å². The van der Waals surface area contributed by atoms with Gasteiger partial charge in [0.25, 0.3) is 0 Å². The second-order valence-corrected chi connectivity index (χ2v) is 10.2. The summed E-state index contributed by atoms with van der Waals surface area (Å²) in [5, 5.41) is 22.7. The lowest BCUT2D eigenvalue weighted by Gasteiger charge is -2.50. The molecule has 0 aliphatic heterocycles. The highest BCUT2D eigenvalue weighted by atomic mass is 16.5. The molecule has 0 spiro atoms. The van der Waals surface area contributed by atoms with Gasteiger partial charge < -0.3 is 29.2 Å². The maximum atomic E-state index is 13.7. The Kier molecular flexibility index (Phi) is 9.01. The van der Waals surface area contributed by atoms with Crippen molar-refractivity contribution in [1.29, 1.82) is 0 Å². The second kappa shape index (κ2) is 12.3. The molecule has 2 N–H and O–H groups in total. The van der Waals surface area contributed by atoms with Crippen molar-refractivity contribution in [3.8, 4) is 11.5 Å². The van der Waals surface area contributed by atoms with E-state index in [0.717, 1.165) is 11.1 Å². The number of aliphatic hydroxyl groups is 2. The summed E-state index contributed by atoms with van der Waals surface area (Å²) in [6.45, 7) is 3.80. The first-order valence-electron chi connectivity index (χ1n) is 13.6. The first-order chi connectivity index (χ1) is 19.2. The van der Waals surface area contributed by atoms with Crippen molar-refractivity contribution in [3.05, 3.63) is 83.3 Å². The number of allylic oxidation sites excluding steroid dienone is 2. The van der Waals surface area contributed by atoms with Gasteiger partial charge in [-0.25, -0.2) is 0 Å². The van der Waals surface area contributed by atoms with Crippen LogP contribution in [0.4, 0.5) is 0 Å². The summed E-state index contributed by atoms with van der Waals surface area (Å²) >= 11 is 0. The highest BCUT2D eigenvalue weighted by Gasteiger charge is 2.61. The number of hydrogen-bond donors (Lipinski definition) is 2. The van der Waals surface area contributed by atoms with E-state index in [0.29, 0.717) is 11.5 Å². The molecule has 8 nitrogen and oxygen atoms in total. The fraction of sp³-hybridized carbons (Fsp3) is 0.438. The number of Topliss-reactive ketones (excluding diaryl/α,β-unsaturated/α-hetero) is 2. The van der Waals surface area contributed by atoms with Gasteiger partial charge in [-0.15, -0.1) is 0 Å². The van der Waals surface area contributed by atoms with E-state index in [1.54, 1.807) is 38.5 Å². The molecule has 4 rings (SSSR count). The van der Waals surface area contributed by atoms with Crippen LogP contribution in [-0.4, -0.2) is 47.2 Å². The van der Waals surface area contributed by atoms with Crippen molar-refractivity contribution in [3.63, 3.8) is 0 Å². The van der Waals surface area contributed by atoms with Crippen LogP contribution >= 0.6 is 0 Å². The Hall–Kier alpha value is -3.62. The minimum atomic E-state index is -1.49. The summed E-state index contributed by atoms with van der Waals surface area (Å²) in [4.78, 5) is 27.3. The highest BCUT2D eigenvalue weighted by molar-refractivity contribution is 5.93. The summed E-state index contributed by atoms with van der Waals surface area (Å²) in [7, 11) is 3.17. The van der Waals surface area contributed by atoms with E-state index in [9.17, 15) is 19.8 Å². The Bertz CT molecular complexity index is 1160. The topological polar surface area (TPSA) is 112 Å². The maximum absolute atomic E-state index is 13.7. The number of rotatable bonds is 11. The number of ketones is 2. The van der Waals surface area contributed by atoms with Crippen LogP contribution in [-0.2, 0) is 32.3 Å². The van der Waals surface area contributed by atoms with Crippen molar-refractivity contribution < 1.29 is 38.7 Å². The average molecular weight is 551 g/mol. The standard InChI is InChI=1S/C32H38O8/c1-5-31(39-19-21-7-11-23(37-3)12-8-21)27(35)17-15-25(33)29(31)30-26(34)16-18-28(36)32(30,6-2)40-20-22-9-13-24(38-4)14-10-22/h7-16,29-30,33-34H,5-6,17-20H2,1-4H3/t29?,30?,31-,32-/m0/s1. The van der Waals surface area contributed by atoms with Gasteiger partial charge in [0, 0.05) is 12.8 Å². The minimum Gasteiger partial charge on any atom is -0.512 e. The minimum absolute atomic E-state index is 0.0181. The van der Waals surface area contributed by atoms with E-state index < -0.39 is 23.0 Å². The average Bonchev–Trinajstić information content (AvgIpc) is 2.99. The van der Waals surface area contributed by atoms with Crippen LogP contribution in [0, 0.1) is 11.8 Å². The third-order valence-corrected chi connectivity index (χ3v) is 8.27. The molecule has 2 aliphatic carbocycles. The van der Waals surface area contributed by atoms with Gasteiger partial charge in [-0.3, -0.25) is 9.59 Å². The molecule has 0 saturated carbocycles. The number of hydrogen-bond acceptors (Lipinski definition) is 8. The maximum Gasteiger partial charge on any atom is 0.169 e. The number of ether oxygens (including phenoxy) is 4. The molecule has 0 fully saturated rings. The van der Waals surface area contributed by atoms with Crippen LogP contribution in [0.1, 0.15) is 50.7 Å². The van der Waals surface area contributed by atoms with Gasteiger partial charge in [0.2, 0.25) is 0 Å². The molecular formula is C32H38O8. The Morgan fingerprint density at radius 2 is 1.02 bits per heavy atom. The Balaban J connectivity index is 1.73. The van der Waals surface area contributed by atoms with Crippen LogP contribution in [0.3, 0.4) is 0 Å². The summed E-state index contributed by atoms with van der Waals surface area (Å²) in [6, 6.07) is 14.6. The molecule has 40 heavy (non-hydrogen) atoms. The summed E-state index contributed by atoms with van der Waals surface area (Å²) in [6.07, 6.45) is 3.31. The van der Waals surface area contributed by atoms with Crippen molar-refractivity contribution in [2.45, 2.75) is 63.9 Å². The number of methoxy groups -OCH3 is 2. The quantitative estimate of drug-likeness (QED) is 0.361. The molecule has 0 heterocycles. The van der Waals surface area contributed by atoms with Crippen LogP contribution in [0.15, 0.2) is 72.2 Å². The summed E-state index contributed by atoms with van der Waals surface area (Å²) in [5.74, 6) is -1.32. The predicted molar refractivity (Wildman–Crippen MR) is 149 cm³/mol. The molecular weight excluding hydrogens is 512 g/mol. The summed E-state index contributed by atoms with van der Waals surface area (Å²) < 4.78 is 23.3. The fourth-order valence-electron chi connectivity index (χ4n) is 5.95. The lowest BCUT2D eigenvalue weighted by molar-refractivity contribution is -0.187. The molecule has 2 aromatic rings. The zero-order chi connectivity index (χ0) is 28.9. The number of aliphatic hydroxyl groups excluding tert-OH is 2. The number of carbonyl (C=O) groups excluding carboxylic acids is 2. The van der Waals surface area contributed by atoms with Gasteiger partial charge in [-0.2, -0.15) is 0 Å². The van der Waals surface area contributed by atoms with E-state index >= 15 is 0 Å². The molecule has 0 amide bonds. The molecule has 4 atom stereocenters. The molecule has 2 aromatic carbocycles. The Labute approximate surface area is 235 Å². The Morgan fingerprint density at radius 3 is 1.32 bits per heavy atom. The van der Waals surface area contributed by atoms with Gasteiger partial charge >= 0.3 is 0 Å². The van der Waals surface area contributed by atoms with E-state index in [2.05, 4.69) is 0 Å². The fourth-order valence-corrected chi connectivity index (χ4v) is 5.95. The Morgan fingerprint density at radius 1 is 0.675 bits per heavy atom. The van der Waals surface area contributed by atoms with Crippen molar-refractivity contribution in [2.75, 3.05) is 14.2 Å². The molecule has 0 bridgehead atoms. The van der Waals surface area contributed by atoms with Crippen LogP contribution in [0.25, 0.3) is 0 Å². The second-order valence-electron chi connectivity index (χ2n) is 10.2. The highest BCUT2D eigenvalue weighted by Crippen LogP contribution is 2.51. The van der Waals surface area contributed by atoms with E-state index in [1.807, 2.05) is 38.1 Å². The summed E-state index contributed by atoms with van der Waals surface area (Å²) in [5.41, 5.74) is -1.36. The van der Waals surface area contributed by atoms with Crippen molar-refractivity contribution >= 4 is 11.6 Å². The SMILES string of the molecule is CC[C@]1(OCc2ccc(OC)cc2)C(=O)CC=C(O)C1C1C(O)=CCC(=O)[C@]1(CC)OCc1ccc(OC)cc1. The normalized spacial score (nSPS) is 26.7. The van der Waals surface area contributed by atoms with Crippen LogP contribution < -0.4 is 9.47 Å². The van der Waals surface area contributed by atoms with Gasteiger partial charge in [-0.05, 0) is 60.4 Å². The van der Waals surface area contributed by atoms with Gasteiger partial charge in [0.1, 0.15) is 22.7 Å². The molecule has 2 unspecified atom stereocenters. The molecule has 0 aromatic heterocycles. The molecule has 2 aliphatic rings. The first kappa shape index (κ1) is 29.4. The van der Waals surface area contributed by atoms with E-state index in [-0.39, 0.29) is 62.0 Å². The van der Waals surface area contributed by atoms with Gasteiger partial charge in [0.15, 0.2) is 11.6 Å². The zero-order valence-corrected chi connectivity index (χ0v) is 23.5. The largest absolute Gasteiger partial charge is 0.512 e. The van der Waals surface area contributed by atoms with Crippen LogP contribution in [0.2, 0.25) is 0 Å². The smallest absolute Gasteiger partial charge is 0.169 e. The van der Waals surface area contributed by atoms with E-state index in [1.165, 1.54) is 12.2 Å². The zero-order valence-electron chi connectivity index (χ0n) is 23.5. The van der Waals surface area contributed by atoms with E-state index in [4.69, 9.17) is 18.9 Å². The lowest BCUT2D eigenvalue weighted by Crippen LogP contribution is -2.61. The predicted octanol–water partition coefficient (Wildman–Crippen LogP) is 5.80. The third-order valence-electron chi connectivity index (χ3n) is 8.27. The number of carbonyl (C=O) groups is 2. The molecule has 0 radical (unpaired) electrons. The van der Waals surface area contributed by atoms with Crippen molar-refractivity contribution in [1.82, 2.24) is 0 Å². The monoisotopic (exact) mass is 550 g/mol. The van der Waals surface area contributed by atoms with Gasteiger partial charge in [-0.1, -0.05) is 38.1 Å². The molecule has 214 valence electrons. The lowest BCUT2D eigenvalue weighted by atomic mass is 9.60. The first-order valence-corrected chi connectivity index (χ1v) is 13.6. The van der Waals surface area contributed by atoms with Crippen molar-refractivity contribution in [2.24, 2.45) is 11.8 Å². The number of benzene rings is 2. The third kappa shape index (κ3) is 5.38. The molecule has 8 heteroatoms. The molecule has 0 saturated heterocycles. The van der Waals surface area contributed by atoms with Gasteiger partial charge in [0.05, 0.1) is 50.8 Å².